The Kier molecular flexibility index (Phi) is 7.27. The van der Waals surface area contributed by atoms with Gasteiger partial charge >= 0.3 is 0 Å². The van der Waals surface area contributed by atoms with E-state index < -0.39 is 0 Å². The number of rotatable bonds is 0. The molecule has 0 aromatic heterocycles. The maximum atomic E-state index is 2.27. The summed E-state index contributed by atoms with van der Waals surface area (Å²) < 4.78 is 0. The van der Waals surface area contributed by atoms with Crippen LogP contribution in [-0.4, -0.2) is 0 Å². The molecule has 0 aliphatic heterocycles. The predicted octanol–water partition coefficient (Wildman–Crippen LogP) is 15.2. The first-order valence-corrected chi connectivity index (χ1v) is 18.6. The van der Waals surface area contributed by atoms with Crippen LogP contribution in [0.1, 0.15) is 16.7 Å². The first kappa shape index (κ1) is 31.3. The van der Waals surface area contributed by atoms with Gasteiger partial charge in [0.15, 0.2) is 0 Å². The van der Waals surface area contributed by atoms with E-state index in [2.05, 4.69) is 197 Å². The fraction of sp³-hybridized carbons (Fsp3) is 0.0566. The molecule has 0 spiro atoms. The summed E-state index contributed by atoms with van der Waals surface area (Å²) >= 11 is 0. The largest absolute Gasteiger partial charge is 0.0616 e. The van der Waals surface area contributed by atoms with Crippen molar-refractivity contribution in [1.82, 2.24) is 0 Å². The zero-order chi connectivity index (χ0) is 35.6. The molecule has 250 valence electrons. The van der Waals surface area contributed by atoms with E-state index in [1.165, 1.54) is 114 Å². The van der Waals surface area contributed by atoms with Crippen molar-refractivity contribution in [3.63, 3.8) is 0 Å². The minimum absolute atomic E-state index is 1.31. The molecular weight excluding hydrogens is 637 g/mol. The summed E-state index contributed by atoms with van der Waals surface area (Å²) in [6, 6.07) is 64.1. The fourth-order valence-electron chi connectivity index (χ4n) is 8.74. The topological polar surface area (TPSA) is 0 Å². The molecule has 0 bridgehead atoms. The molecule has 0 fully saturated rings. The van der Waals surface area contributed by atoms with Gasteiger partial charge in [-0.1, -0.05) is 181 Å². The molecular formula is C53H38. The third-order valence-electron chi connectivity index (χ3n) is 11.3. The maximum absolute atomic E-state index is 2.27. The molecule has 0 unspecified atom stereocenters. The van der Waals surface area contributed by atoms with Crippen molar-refractivity contribution in [2.45, 2.75) is 20.8 Å². The fourth-order valence-corrected chi connectivity index (χ4v) is 8.74. The van der Waals surface area contributed by atoms with Crippen molar-refractivity contribution in [1.29, 1.82) is 0 Å². The van der Waals surface area contributed by atoms with Crippen LogP contribution < -0.4 is 0 Å². The molecule has 12 aromatic carbocycles. The lowest BCUT2D eigenvalue weighted by Gasteiger charge is -2.11. The van der Waals surface area contributed by atoms with E-state index >= 15 is 0 Å². The summed E-state index contributed by atoms with van der Waals surface area (Å²) in [6.07, 6.45) is 0. The van der Waals surface area contributed by atoms with E-state index in [0.717, 1.165) is 0 Å². The van der Waals surface area contributed by atoms with Crippen LogP contribution in [0.25, 0.3) is 97.0 Å². The third kappa shape index (κ3) is 5.21. The van der Waals surface area contributed by atoms with E-state index in [4.69, 9.17) is 0 Å². The molecule has 0 heteroatoms. The van der Waals surface area contributed by atoms with Crippen molar-refractivity contribution >= 4 is 97.0 Å². The van der Waals surface area contributed by atoms with E-state index in [-0.39, 0.29) is 0 Å². The highest BCUT2D eigenvalue weighted by atomic mass is 14.1. The first-order chi connectivity index (χ1) is 26.0. The average molecular weight is 675 g/mol. The lowest BCUT2D eigenvalue weighted by Crippen LogP contribution is -1.85. The van der Waals surface area contributed by atoms with Crippen LogP contribution in [0.15, 0.2) is 176 Å². The number of hydrogen-bond donors (Lipinski definition) is 0. The molecule has 53 heavy (non-hydrogen) atoms. The molecule has 0 aliphatic rings. The van der Waals surface area contributed by atoms with Gasteiger partial charge in [-0.3, -0.25) is 0 Å². The zero-order valence-corrected chi connectivity index (χ0v) is 30.2. The minimum atomic E-state index is 1.31. The van der Waals surface area contributed by atoms with Gasteiger partial charge in [-0.25, -0.2) is 0 Å². The Bertz CT molecular complexity index is 3230. The Morgan fingerprint density at radius 3 is 1.28 bits per heavy atom. The van der Waals surface area contributed by atoms with E-state index in [1.54, 1.807) is 0 Å². The molecule has 0 N–H and O–H groups in total. The van der Waals surface area contributed by atoms with Crippen LogP contribution in [0.3, 0.4) is 0 Å². The zero-order valence-electron chi connectivity index (χ0n) is 30.2. The van der Waals surface area contributed by atoms with Crippen LogP contribution >= 0.6 is 0 Å². The molecule has 0 radical (unpaired) electrons. The van der Waals surface area contributed by atoms with Gasteiger partial charge in [-0.05, 0) is 129 Å². The highest BCUT2D eigenvalue weighted by Gasteiger charge is 2.10. The summed E-state index contributed by atoms with van der Waals surface area (Å²) in [6.45, 7) is 6.49. The Hall–Kier alpha value is -6.50. The Balaban J connectivity index is 0.0000000991. The molecule has 0 nitrogen and oxygen atoms in total. The Labute approximate surface area is 309 Å². The number of fused-ring (bicyclic) bond motifs is 5. The highest BCUT2D eigenvalue weighted by Crippen LogP contribution is 2.37. The quantitative estimate of drug-likeness (QED) is 0.140. The Morgan fingerprint density at radius 1 is 0.226 bits per heavy atom. The summed E-state index contributed by atoms with van der Waals surface area (Å²) in [5.74, 6) is 0. The van der Waals surface area contributed by atoms with Crippen LogP contribution in [-0.2, 0) is 0 Å². The molecule has 0 amide bonds. The molecule has 12 rings (SSSR count). The predicted molar refractivity (Wildman–Crippen MR) is 233 cm³/mol. The lowest BCUT2D eigenvalue weighted by molar-refractivity contribution is 1.51. The van der Waals surface area contributed by atoms with E-state index in [9.17, 15) is 0 Å². The van der Waals surface area contributed by atoms with Crippen LogP contribution in [0, 0.1) is 20.8 Å². The lowest BCUT2D eigenvalue weighted by atomic mass is 9.92. The molecule has 0 aliphatic carbocycles. The van der Waals surface area contributed by atoms with Crippen molar-refractivity contribution < 1.29 is 0 Å². The normalized spacial score (nSPS) is 11.7. The molecule has 0 saturated heterocycles. The third-order valence-corrected chi connectivity index (χ3v) is 11.3. The highest BCUT2D eigenvalue weighted by molar-refractivity contribution is 6.24. The van der Waals surface area contributed by atoms with Gasteiger partial charge in [0.2, 0.25) is 0 Å². The van der Waals surface area contributed by atoms with Gasteiger partial charge in [0.25, 0.3) is 0 Å². The van der Waals surface area contributed by atoms with Crippen LogP contribution in [0.5, 0.6) is 0 Å². The van der Waals surface area contributed by atoms with Gasteiger partial charge in [-0.15, -0.1) is 0 Å². The minimum Gasteiger partial charge on any atom is -0.0616 e. The summed E-state index contributed by atoms with van der Waals surface area (Å²) in [5, 5.41) is 24.4. The molecule has 12 aromatic rings. The average Bonchev–Trinajstić information content (AvgIpc) is 3.19. The standard InChI is InChI=1S/C19H14.2C17H12/c1-13-6-9-17-15(12-13)8-11-18-16-5-3-2-4-14(16)7-10-19(17)18;1-11-9-14-7-5-12-3-2-4-13-6-8-15(10-11)17(14)16(12)13;1-11-5-6-14-8-7-12-3-2-4-13-9-10-15(11)17(14)16(12)13/h2-12H,1H3;2*2-10H,1H3. The second-order valence-corrected chi connectivity index (χ2v) is 14.7. The van der Waals surface area contributed by atoms with Gasteiger partial charge in [-0.2, -0.15) is 0 Å². The second kappa shape index (κ2) is 12.3. The first-order valence-electron chi connectivity index (χ1n) is 18.6. The summed E-state index contributed by atoms with van der Waals surface area (Å²) in [7, 11) is 0. The molecule has 0 heterocycles. The number of hydrogen-bond acceptors (Lipinski definition) is 0. The summed E-state index contributed by atoms with van der Waals surface area (Å²) in [5.41, 5.74) is 4.00. The van der Waals surface area contributed by atoms with Crippen molar-refractivity contribution in [3.8, 4) is 0 Å². The SMILES string of the molecule is Cc1cc2ccc3cccc4ccc(c1)c2c34.Cc1ccc2c(ccc3c4ccccc4ccc23)c1.Cc1ccc2ccc3cccc4ccc1c2c34. The van der Waals surface area contributed by atoms with Gasteiger partial charge < -0.3 is 0 Å². The molecule has 0 saturated carbocycles. The second-order valence-electron chi connectivity index (χ2n) is 14.7. The van der Waals surface area contributed by atoms with Crippen molar-refractivity contribution in [2.75, 3.05) is 0 Å². The van der Waals surface area contributed by atoms with Crippen LogP contribution in [0.4, 0.5) is 0 Å². The van der Waals surface area contributed by atoms with E-state index in [0.29, 0.717) is 0 Å². The van der Waals surface area contributed by atoms with Gasteiger partial charge in [0, 0.05) is 0 Å². The van der Waals surface area contributed by atoms with Gasteiger partial charge in [0.1, 0.15) is 0 Å². The maximum Gasteiger partial charge on any atom is -0.00241 e. The van der Waals surface area contributed by atoms with Crippen molar-refractivity contribution in [3.05, 3.63) is 193 Å². The van der Waals surface area contributed by atoms with Crippen LogP contribution in [0.2, 0.25) is 0 Å². The van der Waals surface area contributed by atoms with E-state index in [1.807, 2.05) is 0 Å². The molecule has 0 atom stereocenters. The summed E-state index contributed by atoms with van der Waals surface area (Å²) in [4.78, 5) is 0. The smallest absolute Gasteiger partial charge is 0.00241 e. The number of aryl methyl sites for hydroxylation is 3. The van der Waals surface area contributed by atoms with Crippen molar-refractivity contribution in [2.24, 2.45) is 0 Å². The number of benzene rings is 12. The van der Waals surface area contributed by atoms with Gasteiger partial charge in [0.05, 0.1) is 0 Å². The monoisotopic (exact) mass is 674 g/mol. The Morgan fingerprint density at radius 2 is 0.623 bits per heavy atom.